The number of carbonyl (C=O) groups excluding carboxylic acids is 2. The van der Waals surface area contributed by atoms with Gasteiger partial charge in [0.05, 0.1) is 13.0 Å². The number of esters is 1. The Balaban J connectivity index is 2.18. The van der Waals surface area contributed by atoms with Crippen LogP contribution in [0.25, 0.3) is 0 Å². The topological polar surface area (TPSA) is 52.6 Å². The first-order chi connectivity index (χ1) is 7.74. The molecule has 0 atom stereocenters. The fourth-order valence-electron chi connectivity index (χ4n) is 1.35. The van der Waals surface area contributed by atoms with Crippen molar-refractivity contribution in [3.63, 3.8) is 0 Å². The standard InChI is InChI=1S/C12H12O4/c1-15-11-6-8(7-13)2-5-10(11)16-12(14)9-3-4-9/h2,5-7,9H,3-4H2,1H3. The van der Waals surface area contributed by atoms with E-state index in [0.717, 1.165) is 19.1 Å². The van der Waals surface area contributed by atoms with Crippen LogP contribution in [0.1, 0.15) is 23.2 Å². The summed E-state index contributed by atoms with van der Waals surface area (Å²) in [5.74, 6) is 0.580. The van der Waals surface area contributed by atoms with Crippen molar-refractivity contribution < 1.29 is 19.1 Å². The molecule has 4 heteroatoms. The smallest absolute Gasteiger partial charge is 0.314 e. The average Bonchev–Trinajstić information content (AvgIpc) is 3.13. The average molecular weight is 220 g/mol. The van der Waals surface area contributed by atoms with E-state index >= 15 is 0 Å². The van der Waals surface area contributed by atoms with Gasteiger partial charge in [0.1, 0.15) is 6.29 Å². The molecular formula is C12H12O4. The highest BCUT2D eigenvalue weighted by Crippen LogP contribution is 2.33. The molecule has 0 bridgehead atoms. The van der Waals surface area contributed by atoms with Crippen molar-refractivity contribution in [2.45, 2.75) is 12.8 Å². The molecule has 2 rings (SSSR count). The maximum atomic E-state index is 11.5. The number of carbonyl (C=O) groups is 2. The van der Waals surface area contributed by atoms with Gasteiger partial charge in [0.15, 0.2) is 11.5 Å². The first kappa shape index (κ1) is 10.7. The van der Waals surface area contributed by atoms with Gasteiger partial charge in [0, 0.05) is 5.56 Å². The van der Waals surface area contributed by atoms with E-state index in [0.29, 0.717) is 17.1 Å². The number of benzene rings is 1. The maximum absolute atomic E-state index is 11.5. The zero-order valence-corrected chi connectivity index (χ0v) is 8.93. The van der Waals surface area contributed by atoms with Crippen molar-refractivity contribution in [3.05, 3.63) is 23.8 Å². The van der Waals surface area contributed by atoms with Crippen LogP contribution in [0.4, 0.5) is 0 Å². The van der Waals surface area contributed by atoms with Crippen molar-refractivity contribution in [1.29, 1.82) is 0 Å². The van der Waals surface area contributed by atoms with Crippen molar-refractivity contribution in [1.82, 2.24) is 0 Å². The van der Waals surface area contributed by atoms with Gasteiger partial charge in [-0.1, -0.05) is 0 Å². The second kappa shape index (κ2) is 4.35. The monoisotopic (exact) mass is 220 g/mol. The molecule has 0 radical (unpaired) electrons. The Morgan fingerprint density at radius 3 is 2.69 bits per heavy atom. The Labute approximate surface area is 93.2 Å². The van der Waals surface area contributed by atoms with E-state index in [4.69, 9.17) is 9.47 Å². The van der Waals surface area contributed by atoms with Gasteiger partial charge in [0.25, 0.3) is 0 Å². The summed E-state index contributed by atoms with van der Waals surface area (Å²) in [6, 6.07) is 4.70. The minimum Gasteiger partial charge on any atom is -0.493 e. The predicted molar refractivity (Wildman–Crippen MR) is 56.7 cm³/mol. The highest BCUT2D eigenvalue weighted by Gasteiger charge is 2.32. The number of hydrogen-bond donors (Lipinski definition) is 0. The molecule has 0 aliphatic heterocycles. The van der Waals surface area contributed by atoms with E-state index in [1.165, 1.54) is 7.11 Å². The van der Waals surface area contributed by atoms with Gasteiger partial charge in [-0.15, -0.1) is 0 Å². The van der Waals surface area contributed by atoms with Crippen LogP contribution < -0.4 is 9.47 Å². The third kappa shape index (κ3) is 2.21. The Kier molecular flexibility index (Phi) is 2.90. The zero-order valence-electron chi connectivity index (χ0n) is 8.93. The summed E-state index contributed by atoms with van der Waals surface area (Å²) in [6.45, 7) is 0. The van der Waals surface area contributed by atoms with E-state index in [9.17, 15) is 9.59 Å². The second-order valence-corrected chi connectivity index (χ2v) is 3.72. The summed E-state index contributed by atoms with van der Waals surface area (Å²) in [6.07, 6.45) is 2.51. The molecule has 0 heterocycles. The van der Waals surface area contributed by atoms with E-state index in [1.807, 2.05) is 0 Å². The van der Waals surface area contributed by atoms with E-state index < -0.39 is 0 Å². The van der Waals surface area contributed by atoms with Gasteiger partial charge in [-0.3, -0.25) is 9.59 Å². The molecule has 1 aliphatic rings. The van der Waals surface area contributed by atoms with Gasteiger partial charge in [0.2, 0.25) is 0 Å². The summed E-state index contributed by atoms with van der Waals surface area (Å²) >= 11 is 0. The summed E-state index contributed by atoms with van der Waals surface area (Å²) in [4.78, 5) is 22.0. The summed E-state index contributed by atoms with van der Waals surface area (Å²) in [5.41, 5.74) is 0.489. The van der Waals surface area contributed by atoms with E-state index in [-0.39, 0.29) is 11.9 Å². The lowest BCUT2D eigenvalue weighted by Crippen LogP contribution is -2.10. The van der Waals surface area contributed by atoms with Crippen LogP contribution in [-0.2, 0) is 4.79 Å². The van der Waals surface area contributed by atoms with Gasteiger partial charge in [-0.25, -0.2) is 0 Å². The Hall–Kier alpha value is -1.84. The highest BCUT2D eigenvalue weighted by molar-refractivity contribution is 5.80. The van der Waals surface area contributed by atoms with Crippen LogP contribution in [0.3, 0.4) is 0 Å². The molecule has 0 amide bonds. The van der Waals surface area contributed by atoms with E-state index in [2.05, 4.69) is 0 Å². The van der Waals surface area contributed by atoms with Crippen LogP contribution >= 0.6 is 0 Å². The van der Waals surface area contributed by atoms with Crippen molar-refractivity contribution in [2.24, 2.45) is 5.92 Å². The van der Waals surface area contributed by atoms with Crippen molar-refractivity contribution in [2.75, 3.05) is 7.11 Å². The van der Waals surface area contributed by atoms with Gasteiger partial charge >= 0.3 is 5.97 Å². The lowest BCUT2D eigenvalue weighted by atomic mass is 10.2. The molecule has 1 aromatic carbocycles. The normalized spacial score (nSPS) is 14.3. The second-order valence-electron chi connectivity index (χ2n) is 3.72. The molecule has 1 aromatic rings. The first-order valence-corrected chi connectivity index (χ1v) is 5.09. The molecule has 0 N–H and O–H groups in total. The number of aldehydes is 1. The number of hydrogen-bond acceptors (Lipinski definition) is 4. The van der Waals surface area contributed by atoms with Crippen LogP contribution in [0.15, 0.2) is 18.2 Å². The van der Waals surface area contributed by atoms with Gasteiger partial charge in [-0.05, 0) is 31.0 Å². The fourth-order valence-corrected chi connectivity index (χ4v) is 1.35. The quantitative estimate of drug-likeness (QED) is 0.441. The lowest BCUT2D eigenvalue weighted by molar-refractivity contribution is -0.135. The summed E-state index contributed by atoms with van der Waals surface area (Å²) in [7, 11) is 1.47. The first-order valence-electron chi connectivity index (χ1n) is 5.09. The number of rotatable bonds is 4. The SMILES string of the molecule is COc1cc(C=O)ccc1OC(=O)C1CC1. The maximum Gasteiger partial charge on any atom is 0.314 e. The molecular weight excluding hydrogens is 208 g/mol. The highest BCUT2D eigenvalue weighted by atomic mass is 16.6. The Bertz CT molecular complexity index is 421. The van der Waals surface area contributed by atoms with Gasteiger partial charge in [-0.2, -0.15) is 0 Å². The molecule has 0 saturated heterocycles. The number of ether oxygens (including phenoxy) is 2. The minimum atomic E-state index is -0.225. The van der Waals surface area contributed by atoms with Crippen LogP contribution in [0.2, 0.25) is 0 Å². The molecule has 0 aromatic heterocycles. The molecule has 1 fully saturated rings. The minimum absolute atomic E-state index is 0.0375. The molecule has 4 nitrogen and oxygen atoms in total. The Morgan fingerprint density at radius 2 is 2.12 bits per heavy atom. The van der Waals surface area contributed by atoms with Crippen molar-refractivity contribution >= 4 is 12.3 Å². The van der Waals surface area contributed by atoms with Crippen LogP contribution in [0, 0.1) is 5.92 Å². The molecule has 1 aliphatic carbocycles. The third-order valence-corrected chi connectivity index (χ3v) is 2.44. The lowest BCUT2D eigenvalue weighted by Gasteiger charge is -2.08. The van der Waals surface area contributed by atoms with Gasteiger partial charge < -0.3 is 9.47 Å². The molecule has 0 spiro atoms. The zero-order chi connectivity index (χ0) is 11.5. The van der Waals surface area contributed by atoms with E-state index in [1.54, 1.807) is 18.2 Å². The molecule has 16 heavy (non-hydrogen) atoms. The fraction of sp³-hybridized carbons (Fsp3) is 0.333. The third-order valence-electron chi connectivity index (χ3n) is 2.44. The predicted octanol–water partition coefficient (Wildman–Crippen LogP) is 1.82. The van der Waals surface area contributed by atoms with Crippen molar-refractivity contribution in [3.8, 4) is 11.5 Å². The molecule has 1 saturated carbocycles. The number of methoxy groups -OCH3 is 1. The Morgan fingerprint density at radius 1 is 1.38 bits per heavy atom. The largest absolute Gasteiger partial charge is 0.493 e. The van der Waals surface area contributed by atoms with Crippen LogP contribution in [0.5, 0.6) is 11.5 Å². The molecule has 84 valence electrons. The summed E-state index contributed by atoms with van der Waals surface area (Å²) < 4.78 is 10.2. The summed E-state index contributed by atoms with van der Waals surface area (Å²) in [5, 5.41) is 0. The molecule has 0 unspecified atom stereocenters. The van der Waals surface area contributed by atoms with Crippen LogP contribution in [-0.4, -0.2) is 19.4 Å².